The van der Waals surface area contributed by atoms with E-state index in [0.29, 0.717) is 64.1 Å². The first kappa shape index (κ1) is 41.3. The lowest BCUT2D eigenvalue weighted by molar-refractivity contribution is -0.115. The Labute approximate surface area is 346 Å². The van der Waals surface area contributed by atoms with E-state index in [0.717, 1.165) is 16.0 Å². The molecule has 1 atom stereocenters. The number of anilines is 2. The van der Waals surface area contributed by atoms with Crippen LogP contribution in [0.25, 0.3) is 6.08 Å². The third kappa shape index (κ3) is 11.1. The van der Waals surface area contributed by atoms with Crippen LogP contribution >= 0.6 is 23.1 Å². The molecule has 3 N–H and O–H groups in total. The predicted molar refractivity (Wildman–Crippen MR) is 228 cm³/mol. The largest absolute Gasteiger partial charge is 0.489 e. The Morgan fingerprint density at radius 2 is 1.64 bits per heavy atom. The number of carbonyl (C=O) groups excluding carboxylic acids is 4. The molecule has 296 valence electrons. The van der Waals surface area contributed by atoms with Crippen molar-refractivity contribution in [3.05, 3.63) is 148 Å². The Hall–Kier alpha value is -6.36. The Bertz CT molecular complexity index is 2350. The summed E-state index contributed by atoms with van der Waals surface area (Å²) in [6.07, 6.45) is 1.66. The van der Waals surface area contributed by atoms with Crippen molar-refractivity contribution < 1.29 is 28.7 Å². The zero-order valence-electron chi connectivity index (χ0n) is 32.5. The molecular formula is C45H43N5O6S2. The van der Waals surface area contributed by atoms with Gasteiger partial charge >= 0.3 is 6.09 Å². The monoisotopic (exact) mass is 813 g/mol. The van der Waals surface area contributed by atoms with Gasteiger partial charge in [-0.25, -0.2) is 4.79 Å². The van der Waals surface area contributed by atoms with E-state index < -0.39 is 28.8 Å². The van der Waals surface area contributed by atoms with Crippen molar-refractivity contribution in [3.8, 4) is 11.8 Å². The third-order valence-electron chi connectivity index (χ3n) is 8.80. The summed E-state index contributed by atoms with van der Waals surface area (Å²) in [7, 11) is 0. The minimum Gasteiger partial charge on any atom is -0.489 e. The molecular weight excluding hydrogens is 771 g/mol. The van der Waals surface area contributed by atoms with Gasteiger partial charge in [-0.05, 0) is 99.3 Å². The average molecular weight is 814 g/mol. The molecule has 4 aromatic carbocycles. The van der Waals surface area contributed by atoms with Crippen molar-refractivity contribution in [3.63, 3.8) is 0 Å². The molecule has 13 heteroatoms. The van der Waals surface area contributed by atoms with Crippen molar-refractivity contribution in [1.82, 2.24) is 10.2 Å². The topological polar surface area (TPSA) is 150 Å². The summed E-state index contributed by atoms with van der Waals surface area (Å²) in [4.78, 5) is 56.3. The molecule has 1 aliphatic heterocycles. The third-order valence-corrected chi connectivity index (χ3v) is 11.0. The van der Waals surface area contributed by atoms with Gasteiger partial charge < -0.3 is 30.3 Å². The van der Waals surface area contributed by atoms with Crippen LogP contribution in [0.15, 0.2) is 120 Å². The number of rotatable bonds is 12. The molecule has 5 aromatic rings. The highest BCUT2D eigenvalue weighted by atomic mass is 32.2. The van der Waals surface area contributed by atoms with E-state index in [1.54, 1.807) is 90.7 Å². The normalized spacial score (nSPS) is 13.0. The fourth-order valence-electron chi connectivity index (χ4n) is 5.92. The van der Waals surface area contributed by atoms with Crippen molar-refractivity contribution in [2.45, 2.75) is 63.0 Å². The second-order valence-corrected chi connectivity index (χ2v) is 16.9. The van der Waals surface area contributed by atoms with Crippen LogP contribution < -0.4 is 20.7 Å². The van der Waals surface area contributed by atoms with Crippen LogP contribution in [0.2, 0.25) is 0 Å². The van der Waals surface area contributed by atoms with Gasteiger partial charge in [0, 0.05) is 27.6 Å². The van der Waals surface area contributed by atoms with Crippen LogP contribution in [-0.2, 0) is 33.9 Å². The van der Waals surface area contributed by atoms with E-state index >= 15 is 0 Å². The Kier molecular flexibility index (Phi) is 13.3. The molecule has 58 heavy (non-hydrogen) atoms. The SMILES string of the molecule is CC(Sc1cccc(NC(=O)/C(=C\c2ccc(OCc3ccccc3)cc2)NC(=O)c2ccccc2)c1)C(=O)Nc1sc2c(c1C#N)CCN(C(=O)OC(C)(C)C)C2. The fourth-order valence-corrected chi connectivity index (χ4v) is 8.06. The smallest absolute Gasteiger partial charge is 0.410 e. The maximum Gasteiger partial charge on any atom is 0.410 e. The number of nitrogens with one attached hydrogen (secondary N) is 3. The van der Waals surface area contributed by atoms with Gasteiger partial charge in [-0.2, -0.15) is 5.26 Å². The lowest BCUT2D eigenvalue weighted by atomic mass is 10.0. The molecule has 1 aromatic heterocycles. The summed E-state index contributed by atoms with van der Waals surface area (Å²) in [6, 6.07) is 34.9. The number of nitriles is 1. The minimum atomic E-state index is -0.629. The summed E-state index contributed by atoms with van der Waals surface area (Å²) < 4.78 is 11.4. The fraction of sp³-hybridized carbons (Fsp3) is 0.222. The molecule has 11 nitrogen and oxygen atoms in total. The van der Waals surface area contributed by atoms with Crippen LogP contribution in [0, 0.1) is 11.3 Å². The number of hydrogen-bond donors (Lipinski definition) is 3. The lowest BCUT2D eigenvalue weighted by Crippen LogP contribution is -2.39. The highest BCUT2D eigenvalue weighted by Gasteiger charge is 2.30. The maximum absolute atomic E-state index is 13.8. The van der Waals surface area contributed by atoms with E-state index in [1.165, 1.54) is 23.1 Å². The first-order valence-corrected chi connectivity index (χ1v) is 20.3. The number of ether oxygens (including phenoxy) is 2. The molecule has 0 bridgehead atoms. The summed E-state index contributed by atoms with van der Waals surface area (Å²) in [5.74, 6) is -0.633. The number of thioether (sulfide) groups is 1. The van der Waals surface area contributed by atoms with Gasteiger partial charge in [0.25, 0.3) is 11.8 Å². The lowest BCUT2D eigenvalue weighted by Gasteiger charge is -2.29. The van der Waals surface area contributed by atoms with Gasteiger partial charge in [0.2, 0.25) is 5.91 Å². The maximum atomic E-state index is 13.8. The molecule has 0 saturated heterocycles. The summed E-state index contributed by atoms with van der Waals surface area (Å²) >= 11 is 2.58. The van der Waals surface area contributed by atoms with Crippen molar-refractivity contribution in [2.75, 3.05) is 17.2 Å². The molecule has 2 heterocycles. The van der Waals surface area contributed by atoms with E-state index in [-0.39, 0.29) is 11.6 Å². The van der Waals surface area contributed by atoms with Crippen LogP contribution in [0.5, 0.6) is 5.75 Å². The van der Waals surface area contributed by atoms with Gasteiger partial charge in [0.15, 0.2) is 0 Å². The van der Waals surface area contributed by atoms with E-state index in [9.17, 15) is 24.4 Å². The predicted octanol–water partition coefficient (Wildman–Crippen LogP) is 9.02. The molecule has 0 saturated carbocycles. The highest BCUT2D eigenvalue weighted by molar-refractivity contribution is 8.00. The molecule has 1 aliphatic rings. The van der Waals surface area contributed by atoms with Gasteiger partial charge in [-0.1, -0.05) is 66.7 Å². The molecule has 6 rings (SSSR count). The van der Waals surface area contributed by atoms with Crippen molar-refractivity contribution >= 4 is 63.7 Å². The minimum absolute atomic E-state index is 0.0266. The average Bonchev–Trinajstić information content (AvgIpc) is 3.56. The van der Waals surface area contributed by atoms with Crippen LogP contribution in [0.3, 0.4) is 0 Å². The molecule has 0 spiro atoms. The standard InChI is InChI=1S/C45H43N5O6S2/c1-29(40(51)49-43-37(26-46)36-22-23-50(27-39(36)58-43)44(54)56-45(2,3)4)57-35-17-11-16-33(25-35)47-42(53)38(48-41(52)32-14-9-6-10-15-32)24-30-18-20-34(21-19-30)55-28-31-12-7-5-8-13-31/h5-21,24-25,29H,22-23,27-28H2,1-4H3,(H,47,53)(H,48,52)(H,49,51)/b38-24+. The molecule has 0 aliphatic carbocycles. The summed E-state index contributed by atoms with van der Waals surface area (Å²) in [6.45, 7) is 8.31. The molecule has 0 fully saturated rings. The zero-order valence-corrected chi connectivity index (χ0v) is 34.2. The second-order valence-electron chi connectivity index (χ2n) is 14.4. The van der Waals surface area contributed by atoms with E-state index in [2.05, 4.69) is 22.0 Å². The van der Waals surface area contributed by atoms with Crippen LogP contribution in [0.1, 0.15) is 65.2 Å². The molecule has 0 radical (unpaired) electrons. The van der Waals surface area contributed by atoms with E-state index in [4.69, 9.17) is 9.47 Å². The van der Waals surface area contributed by atoms with E-state index in [1.807, 2.05) is 57.2 Å². The molecule has 1 unspecified atom stereocenters. The number of thiophene rings is 1. The number of benzene rings is 4. The zero-order chi connectivity index (χ0) is 41.2. The number of nitrogens with zero attached hydrogens (tertiary/aromatic N) is 2. The van der Waals surface area contributed by atoms with Crippen LogP contribution in [0.4, 0.5) is 15.5 Å². The Morgan fingerprint density at radius 1 is 0.931 bits per heavy atom. The van der Waals surface area contributed by atoms with Gasteiger partial charge in [-0.15, -0.1) is 23.1 Å². The van der Waals surface area contributed by atoms with Crippen molar-refractivity contribution in [2.24, 2.45) is 0 Å². The number of amides is 4. The van der Waals surface area contributed by atoms with Gasteiger partial charge in [0.05, 0.1) is 17.4 Å². The quantitative estimate of drug-likeness (QED) is 0.0835. The summed E-state index contributed by atoms with van der Waals surface area (Å²) in [5, 5.41) is 18.5. The van der Waals surface area contributed by atoms with Gasteiger partial charge in [-0.3, -0.25) is 14.4 Å². The first-order valence-electron chi connectivity index (χ1n) is 18.6. The van der Waals surface area contributed by atoms with Crippen LogP contribution in [-0.4, -0.2) is 46.1 Å². The highest BCUT2D eigenvalue weighted by Crippen LogP contribution is 2.38. The molecule has 4 amide bonds. The first-order chi connectivity index (χ1) is 27.8. The van der Waals surface area contributed by atoms with Gasteiger partial charge in [0.1, 0.15) is 34.7 Å². The number of carbonyl (C=O) groups is 4. The van der Waals surface area contributed by atoms with Crippen molar-refractivity contribution in [1.29, 1.82) is 5.26 Å². The second kappa shape index (κ2) is 18.7. The summed E-state index contributed by atoms with van der Waals surface area (Å²) in [5.41, 5.74) is 3.20. The Morgan fingerprint density at radius 3 is 2.33 bits per heavy atom. The Balaban J connectivity index is 1.11. The number of fused-ring (bicyclic) bond motifs is 1. The number of hydrogen-bond acceptors (Lipinski definition) is 9.